The molecule has 0 bridgehead atoms. The van der Waals surface area contributed by atoms with Crippen molar-refractivity contribution in [1.29, 1.82) is 0 Å². The smallest absolute Gasteiger partial charge is 0.222 e. The quantitative estimate of drug-likeness (QED) is 0.793. The topological polar surface area (TPSA) is 87.4 Å². The Kier molecular flexibility index (Phi) is 5.82. The van der Waals surface area contributed by atoms with Crippen molar-refractivity contribution in [2.24, 2.45) is 0 Å². The SMILES string of the molecule is CN(C[C@]1(O)CCCN(c2cnccn2)C1)C(=O)CCCn1ccnc1. The van der Waals surface area contributed by atoms with Crippen LogP contribution in [0.4, 0.5) is 5.82 Å². The molecule has 3 rings (SSSR count). The number of hydrogen-bond donors (Lipinski definition) is 1. The molecule has 0 saturated carbocycles. The number of piperidine rings is 1. The number of aliphatic hydroxyl groups is 1. The molecule has 26 heavy (non-hydrogen) atoms. The fourth-order valence-electron chi connectivity index (χ4n) is 3.44. The van der Waals surface area contributed by atoms with Gasteiger partial charge < -0.3 is 19.5 Å². The summed E-state index contributed by atoms with van der Waals surface area (Å²) in [4.78, 5) is 28.5. The van der Waals surface area contributed by atoms with Gasteiger partial charge >= 0.3 is 0 Å². The number of anilines is 1. The molecule has 2 aromatic rings. The number of likely N-dealkylation sites (N-methyl/N-ethyl adjacent to an activating group) is 1. The minimum Gasteiger partial charge on any atom is -0.386 e. The van der Waals surface area contributed by atoms with Gasteiger partial charge in [0.1, 0.15) is 5.82 Å². The maximum absolute atomic E-state index is 12.4. The van der Waals surface area contributed by atoms with Crippen molar-refractivity contribution in [1.82, 2.24) is 24.4 Å². The van der Waals surface area contributed by atoms with Gasteiger partial charge in [-0.05, 0) is 19.3 Å². The normalized spacial score (nSPS) is 20.2. The summed E-state index contributed by atoms with van der Waals surface area (Å²) in [5.74, 6) is 0.815. The van der Waals surface area contributed by atoms with Crippen LogP contribution in [0.15, 0.2) is 37.3 Å². The van der Waals surface area contributed by atoms with Gasteiger partial charge in [-0.25, -0.2) is 9.97 Å². The van der Waals surface area contributed by atoms with E-state index in [0.717, 1.165) is 31.7 Å². The van der Waals surface area contributed by atoms with Crippen molar-refractivity contribution < 1.29 is 9.90 Å². The maximum atomic E-state index is 12.4. The van der Waals surface area contributed by atoms with Crippen LogP contribution in [-0.4, -0.2) is 67.7 Å². The molecule has 3 heterocycles. The lowest BCUT2D eigenvalue weighted by Crippen LogP contribution is -2.54. The Morgan fingerprint density at radius 3 is 2.96 bits per heavy atom. The molecule has 1 saturated heterocycles. The van der Waals surface area contributed by atoms with Crippen LogP contribution in [0.25, 0.3) is 0 Å². The number of nitrogens with zero attached hydrogens (tertiary/aromatic N) is 6. The Morgan fingerprint density at radius 2 is 2.23 bits per heavy atom. The number of aryl methyl sites for hydroxylation is 1. The van der Waals surface area contributed by atoms with Gasteiger partial charge in [-0.1, -0.05) is 0 Å². The highest BCUT2D eigenvalue weighted by molar-refractivity contribution is 5.75. The number of hydrogen-bond acceptors (Lipinski definition) is 6. The van der Waals surface area contributed by atoms with Crippen LogP contribution in [0, 0.1) is 0 Å². The second-order valence-electron chi connectivity index (χ2n) is 6.97. The van der Waals surface area contributed by atoms with E-state index in [1.807, 2.05) is 15.7 Å². The Balaban J connectivity index is 1.50. The van der Waals surface area contributed by atoms with Crippen molar-refractivity contribution in [2.45, 2.75) is 37.8 Å². The van der Waals surface area contributed by atoms with Gasteiger partial charge in [0.2, 0.25) is 5.91 Å². The molecule has 1 fully saturated rings. The Morgan fingerprint density at radius 1 is 1.35 bits per heavy atom. The van der Waals surface area contributed by atoms with Gasteiger partial charge in [-0.3, -0.25) is 9.78 Å². The molecule has 8 heteroatoms. The van der Waals surface area contributed by atoms with Gasteiger partial charge in [-0.2, -0.15) is 0 Å². The van der Waals surface area contributed by atoms with Crippen LogP contribution in [-0.2, 0) is 11.3 Å². The molecule has 8 nitrogen and oxygen atoms in total. The van der Waals surface area contributed by atoms with Crippen LogP contribution in [0.1, 0.15) is 25.7 Å². The standard InChI is InChI=1S/C18H26N6O2/c1-22(17(25)4-2-9-23-11-8-20-15-23)13-18(26)5-3-10-24(14-18)16-12-19-6-7-21-16/h6-8,11-12,15,26H,2-5,9-10,13-14H2,1H3/t18-/m1/s1. The average molecular weight is 358 g/mol. The number of rotatable bonds is 7. The molecule has 0 aliphatic carbocycles. The van der Waals surface area contributed by atoms with Crippen LogP contribution >= 0.6 is 0 Å². The van der Waals surface area contributed by atoms with E-state index >= 15 is 0 Å². The van der Waals surface area contributed by atoms with E-state index in [0.29, 0.717) is 25.9 Å². The summed E-state index contributed by atoms with van der Waals surface area (Å²) < 4.78 is 1.96. The lowest BCUT2D eigenvalue weighted by molar-refractivity contribution is -0.133. The molecular formula is C18H26N6O2. The molecular weight excluding hydrogens is 332 g/mol. The molecule has 1 atom stereocenters. The first-order chi connectivity index (χ1) is 12.6. The highest BCUT2D eigenvalue weighted by Gasteiger charge is 2.35. The highest BCUT2D eigenvalue weighted by atomic mass is 16.3. The molecule has 1 aliphatic rings. The van der Waals surface area contributed by atoms with Gasteiger partial charge in [0.25, 0.3) is 0 Å². The summed E-state index contributed by atoms with van der Waals surface area (Å²) in [5, 5.41) is 11.0. The largest absolute Gasteiger partial charge is 0.386 e. The minimum atomic E-state index is -0.926. The van der Waals surface area contributed by atoms with Crippen LogP contribution in [0.2, 0.25) is 0 Å². The number of β-amino-alcohol motifs (C(OH)–C–C–N with tert-alkyl or cyclic N) is 1. The summed E-state index contributed by atoms with van der Waals surface area (Å²) in [6.45, 7) is 2.39. The van der Waals surface area contributed by atoms with Crippen molar-refractivity contribution >= 4 is 11.7 Å². The summed E-state index contributed by atoms with van der Waals surface area (Å²) in [7, 11) is 1.76. The zero-order valence-corrected chi connectivity index (χ0v) is 15.2. The fraction of sp³-hybridized carbons (Fsp3) is 0.556. The zero-order valence-electron chi connectivity index (χ0n) is 15.2. The Hall–Kier alpha value is -2.48. The third-order valence-electron chi connectivity index (χ3n) is 4.75. The highest BCUT2D eigenvalue weighted by Crippen LogP contribution is 2.25. The molecule has 2 aromatic heterocycles. The molecule has 0 aromatic carbocycles. The van der Waals surface area contributed by atoms with Gasteiger partial charge in [0.05, 0.1) is 24.7 Å². The van der Waals surface area contributed by atoms with Crippen LogP contribution in [0.5, 0.6) is 0 Å². The number of carbonyl (C=O) groups is 1. The van der Waals surface area contributed by atoms with Crippen LogP contribution < -0.4 is 4.90 Å². The fourth-order valence-corrected chi connectivity index (χ4v) is 3.44. The lowest BCUT2D eigenvalue weighted by atomic mass is 9.92. The Labute approximate surface area is 153 Å². The molecule has 1 aliphatic heterocycles. The molecule has 0 unspecified atom stereocenters. The van der Waals surface area contributed by atoms with Gasteiger partial charge in [0.15, 0.2) is 0 Å². The lowest BCUT2D eigenvalue weighted by Gasteiger charge is -2.41. The first-order valence-corrected chi connectivity index (χ1v) is 8.99. The van der Waals surface area contributed by atoms with E-state index in [4.69, 9.17) is 0 Å². The van der Waals surface area contributed by atoms with E-state index < -0.39 is 5.60 Å². The Bertz CT molecular complexity index is 693. The summed E-state index contributed by atoms with van der Waals surface area (Å²) in [6, 6.07) is 0. The van der Waals surface area contributed by atoms with E-state index in [9.17, 15) is 9.90 Å². The number of imidazole rings is 1. The van der Waals surface area contributed by atoms with E-state index in [-0.39, 0.29) is 5.91 Å². The van der Waals surface area contributed by atoms with Crippen LogP contribution in [0.3, 0.4) is 0 Å². The second-order valence-corrected chi connectivity index (χ2v) is 6.97. The molecule has 140 valence electrons. The summed E-state index contributed by atoms with van der Waals surface area (Å²) >= 11 is 0. The molecule has 1 N–H and O–H groups in total. The summed E-state index contributed by atoms with van der Waals surface area (Å²) in [6.07, 6.45) is 13.1. The van der Waals surface area contributed by atoms with Gasteiger partial charge in [0, 0.05) is 57.9 Å². The molecule has 1 amide bonds. The van der Waals surface area contributed by atoms with E-state index in [1.54, 1.807) is 43.1 Å². The predicted molar refractivity (Wildman–Crippen MR) is 97.5 cm³/mol. The molecule has 0 spiro atoms. The third-order valence-corrected chi connectivity index (χ3v) is 4.75. The first kappa shape index (κ1) is 18.3. The third kappa shape index (κ3) is 4.78. The predicted octanol–water partition coefficient (Wildman–Crippen LogP) is 0.943. The minimum absolute atomic E-state index is 0.0511. The average Bonchev–Trinajstić information content (AvgIpc) is 3.15. The number of amides is 1. The van der Waals surface area contributed by atoms with Crippen molar-refractivity contribution in [3.8, 4) is 0 Å². The van der Waals surface area contributed by atoms with Crippen molar-refractivity contribution in [3.63, 3.8) is 0 Å². The molecule has 0 radical (unpaired) electrons. The second kappa shape index (κ2) is 8.27. The van der Waals surface area contributed by atoms with E-state index in [2.05, 4.69) is 15.0 Å². The van der Waals surface area contributed by atoms with E-state index in [1.165, 1.54) is 0 Å². The zero-order chi connectivity index (χ0) is 18.4. The van der Waals surface area contributed by atoms with Gasteiger partial charge in [-0.15, -0.1) is 0 Å². The van der Waals surface area contributed by atoms with Crippen molar-refractivity contribution in [2.75, 3.05) is 31.6 Å². The summed E-state index contributed by atoms with van der Waals surface area (Å²) in [5.41, 5.74) is -0.926. The monoisotopic (exact) mass is 358 g/mol. The number of aromatic nitrogens is 4. The number of carbonyl (C=O) groups excluding carboxylic acids is 1. The van der Waals surface area contributed by atoms with Crippen molar-refractivity contribution in [3.05, 3.63) is 37.3 Å². The first-order valence-electron chi connectivity index (χ1n) is 8.99. The maximum Gasteiger partial charge on any atom is 0.222 e.